The van der Waals surface area contributed by atoms with Gasteiger partial charge in [0.15, 0.2) is 0 Å². The molecule has 0 saturated heterocycles. The predicted molar refractivity (Wildman–Crippen MR) is 138 cm³/mol. The molecule has 0 aliphatic heterocycles. The molecular formula is C30H48O5. The molecule has 0 aromatic heterocycles. The molecule has 0 amide bonds. The van der Waals surface area contributed by atoms with Crippen molar-refractivity contribution in [3.05, 3.63) is 23.8 Å². The van der Waals surface area contributed by atoms with E-state index in [0.29, 0.717) is 23.7 Å². The van der Waals surface area contributed by atoms with E-state index in [9.17, 15) is 15.0 Å². The van der Waals surface area contributed by atoms with Gasteiger partial charge in [0.2, 0.25) is 0 Å². The molecular weight excluding hydrogens is 440 g/mol. The van der Waals surface area contributed by atoms with Crippen molar-refractivity contribution < 1.29 is 24.5 Å². The van der Waals surface area contributed by atoms with Gasteiger partial charge in [0.1, 0.15) is 6.10 Å². The normalized spacial score (nSPS) is 42.5. The first-order chi connectivity index (χ1) is 16.3. The van der Waals surface area contributed by atoms with E-state index in [1.807, 2.05) is 13.8 Å². The van der Waals surface area contributed by atoms with Crippen LogP contribution in [0.2, 0.25) is 0 Å². The minimum absolute atomic E-state index is 0.124. The number of aliphatic hydroxyl groups excluding tert-OH is 1. The van der Waals surface area contributed by atoms with Crippen molar-refractivity contribution in [1.29, 1.82) is 0 Å². The molecule has 0 spiro atoms. The summed E-state index contributed by atoms with van der Waals surface area (Å²) in [5.74, 6) is 1.81. The highest BCUT2D eigenvalue weighted by Gasteiger charge is 2.70. The molecule has 198 valence electrons. The molecule has 5 unspecified atom stereocenters. The second-order valence-corrected chi connectivity index (χ2v) is 13.0. The van der Waals surface area contributed by atoms with Crippen LogP contribution in [0, 0.1) is 40.4 Å². The average Bonchev–Trinajstić information content (AvgIpc) is 3.28. The van der Waals surface area contributed by atoms with Crippen molar-refractivity contribution in [1.82, 2.24) is 0 Å². The second kappa shape index (κ2) is 9.61. The van der Waals surface area contributed by atoms with E-state index in [-0.39, 0.29) is 28.8 Å². The van der Waals surface area contributed by atoms with Gasteiger partial charge in [-0.05, 0) is 87.9 Å². The summed E-state index contributed by atoms with van der Waals surface area (Å²) in [5, 5.41) is 21.5. The van der Waals surface area contributed by atoms with E-state index in [4.69, 9.17) is 9.47 Å². The predicted octanol–water partition coefficient (Wildman–Crippen LogP) is 5.45. The van der Waals surface area contributed by atoms with Crippen LogP contribution in [-0.2, 0) is 14.3 Å². The summed E-state index contributed by atoms with van der Waals surface area (Å²) in [7, 11) is 1.76. The maximum atomic E-state index is 11.5. The summed E-state index contributed by atoms with van der Waals surface area (Å²) in [6, 6.07) is 0. The first-order valence-corrected chi connectivity index (χ1v) is 13.8. The highest BCUT2D eigenvalue weighted by atomic mass is 16.6. The summed E-state index contributed by atoms with van der Waals surface area (Å²) >= 11 is 0. The monoisotopic (exact) mass is 488 g/mol. The number of allylic oxidation sites excluding steroid dienone is 2. The van der Waals surface area contributed by atoms with Gasteiger partial charge < -0.3 is 19.7 Å². The van der Waals surface area contributed by atoms with Gasteiger partial charge >= 0.3 is 5.97 Å². The summed E-state index contributed by atoms with van der Waals surface area (Å²) < 4.78 is 11.5. The van der Waals surface area contributed by atoms with Crippen LogP contribution in [0.25, 0.3) is 0 Å². The molecule has 4 rings (SSSR count). The maximum Gasteiger partial charge on any atom is 0.302 e. The van der Waals surface area contributed by atoms with Crippen molar-refractivity contribution in [2.24, 2.45) is 40.4 Å². The number of aliphatic hydroxyl groups is 2. The molecule has 10 atom stereocenters. The fourth-order valence-electron chi connectivity index (χ4n) is 8.12. The first-order valence-electron chi connectivity index (χ1n) is 13.8. The van der Waals surface area contributed by atoms with Gasteiger partial charge in [-0.1, -0.05) is 44.6 Å². The minimum Gasteiger partial charge on any atom is -0.460 e. The molecule has 0 bridgehead atoms. The van der Waals surface area contributed by atoms with Crippen LogP contribution in [-0.4, -0.2) is 47.2 Å². The number of carbonyl (C=O) groups is 1. The molecule has 5 heteroatoms. The molecule has 0 aromatic carbocycles. The highest BCUT2D eigenvalue weighted by Crippen LogP contribution is 2.67. The quantitative estimate of drug-likeness (QED) is 0.351. The standard InChI is InChI=1S/C30H48O5/c1-18(10-11-19(2)28(4,5)33)23-12-13-24-21(9-8-14-29(23,24)6)15-26(34-7)30-17-22(30)16-25(27(30)32)35-20(3)31/h10-11,15,18-19,22-27,32-33H,8-9,12-14,16-17H2,1-7H3/b11-10+,21-15+/t18-,19+,22?,23?,24+,25+,26?,27?,29-,30?/m1/s1. The third kappa shape index (κ3) is 4.78. The molecule has 0 radical (unpaired) electrons. The van der Waals surface area contributed by atoms with Crippen molar-refractivity contribution in [3.63, 3.8) is 0 Å². The number of methoxy groups -OCH3 is 1. The van der Waals surface area contributed by atoms with Crippen LogP contribution in [0.3, 0.4) is 0 Å². The van der Waals surface area contributed by atoms with Gasteiger partial charge in [-0.3, -0.25) is 4.79 Å². The Kier molecular flexibility index (Phi) is 7.38. The van der Waals surface area contributed by atoms with Gasteiger partial charge in [-0.2, -0.15) is 0 Å². The number of rotatable bonds is 8. The fourth-order valence-corrected chi connectivity index (χ4v) is 8.12. The molecule has 35 heavy (non-hydrogen) atoms. The fraction of sp³-hybridized carbons (Fsp3) is 0.833. The first kappa shape index (κ1) is 26.9. The van der Waals surface area contributed by atoms with Gasteiger partial charge in [0, 0.05) is 25.4 Å². The van der Waals surface area contributed by atoms with E-state index < -0.39 is 17.8 Å². The van der Waals surface area contributed by atoms with Gasteiger partial charge in [0.05, 0.1) is 17.8 Å². The summed E-state index contributed by atoms with van der Waals surface area (Å²) in [4.78, 5) is 11.5. The van der Waals surface area contributed by atoms with Gasteiger partial charge in [-0.15, -0.1) is 0 Å². The van der Waals surface area contributed by atoms with Crippen LogP contribution in [0.1, 0.15) is 86.5 Å². The van der Waals surface area contributed by atoms with Crippen LogP contribution in [0.4, 0.5) is 0 Å². The van der Waals surface area contributed by atoms with E-state index in [2.05, 4.69) is 39.0 Å². The van der Waals surface area contributed by atoms with Gasteiger partial charge in [0.25, 0.3) is 0 Å². The Morgan fingerprint density at radius 2 is 1.94 bits per heavy atom. The Bertz CT molecular complexity index is 855. The van der Waals surface area contributed by atoms with Crippen molar-refractivity contribution in [3.8, 4) is 0 Å². The zero-order chi connectivity index (χ0) is 25.8. The van der Waals surface area contributed by atoms with Crippen molar-refractivity contribution >= 4 is 5.97 Å². The number of fused-ring (bicyclic) bond motifs is 2. The third-order valence-corrected chi connectivity index (χ3v) is 10.6. The van der Waals surface area contributed by atoms with E-state index in [0.717, 1.165) is 19.3 Å². The number of esters is 1. The van der Waals surface area contributed by atoms with E-state index >= 15 is 0 Å². The highest BCUT2D eigenvalue weighted by molar-refractivity contribution is 5.66. The summed E-state index contributed by atoms with van der Waals surface area (Å²) in [6.45, 7) is 12.1. The largest absolute Gasteiger partial charge is 0.460 e. The molecule has 0 aromatic rings. The topological polar surface area (TPSA) is 76.0 Å². The Balaban J connectivity index is 1.51. The zero-order valence-electron chi connectivity index (χ0n) is 22.9. The SMILES string of the molecule is COC(/C=C1\CCC[C@]2(C)C([C@H](C)/C=C/[C@H](C)C(C)(C)O)CC[C@@H]12)C12CC1C[C@H](OC(C)=O)C2O. The minimum atomic E-state index is -0.701. The lowest BCUT2D eigenvalue weighted by Crippen LogP contribution is -2.41. The van der Waals surface area contributed by atoms with Crippen LogP contribution in [0.5, 0.6) is 0 Å². The smallest absolute Gasteiger partial charge is 0.302 e. The Morgan fingerprint density at radius 1 is 1.23 bits per heavy atom. The Labute approximate surface area is 212 Å². The summed E-state index contributed by atoms with van der Waals surface area (Å²) in [5.41, 5.74) is 0.765. The Hall–Kier alpha value is -1.17. The van der Waals surface area contributed by atoms with E-state index in [1.165, 1.54) is 38.2 Å². The van der Waals surface area contributed by atoms with Crippen LogP contribution in [0.15, 0.2) is 23.8 Å². The Morgan fingerprint density at radius 3 is 2.57 bits per heavy atom. The average molecular weight is 489 g/mol. The van der Waals surface area contributed by atoms with E-state index in [1.54, 1.807) is 7.11 Å². The molecule has 2 N–H and O–H groups in total. The second-order valence-electron chi connectivity index (χ2n) is 13.0. The lowest BCUT2D eigenvalue weighted by atomic mass is 9.61. The van der Waals surface area contributed by atoms with Crippen LogP contribution < -0.4 is 0 Å². The molecule has 0 heterocycles. The summed E-state index contributed by atoms with van der Waals surface area (Å²) in [6.07, 6.45) is 13.4. The van der Waals surface area contributed by atoms with Crippen molar-refractivity contribution in [2.75, 3.05) is 7.11 Å². The number of hydrogen-bond donors (Lipinski definition) is 2. The lowest BCUT2D eigenvalue weighted by molar-refractivity contribution is -0.154. The number of hydrogen-bond acceptors (Lipinski definition) is 5. The maximum absolute atomic E-state index is 11.5. The number of carbonyl (C=O) groups excluding carboxylic acids is 1. The number of ether oxygens (including phenoxy) is 2. The molecule has 5 nitrogen and oxygen atoms in total. The molecule has 4 aliphatic carbocycles. The molecule has 4 aliphatic rings. The lowest BCUT2D eigenvalue weighted by Gasteiger charge is -2.44. The third-order valence-electron chi connectivity index (χ3n) is 10.6. The van der Waals surface area contributed by atoms with Crippen molar-refractivity contribution in [2.45, 2.75) is 110 Å². The van der Waals surface area contributed by atoms with Gasteiger partial charge in [-0.25, -0.2) is 0 Å². The molecule has 4 fully saturated rings. The van der Waals surface area contributed by atoms with Crippen LogP contribution >= 0.6 is 0 Å². The zero-order valence-corrected chi connectivity index (χ0v) is 22.9. The molecule has 4 saturated carbocycles.